The molecule has 0 bridgehead atoms. The average molecular weight is 414 g/mol. The normalized spacial score (nSPS) is 11.3. The smallest absolute Gasteiger partial charge is 0.243 e. The van der Waals surface area contributed by atoms with Gasteiger partial charge >= 0.3 is 0 Å². The van der Waals surface area contributed by atoms with Gasteiger partial charge in [-0.2, -0.15) is 4.31 Å². The van der Waals surface area contributed by atoms with Crippen LogP contribution in [0.2, 0.25) is 5.02 Å². The number of sulfonamides is 1. The van der Waals surface area contributed by atoms with Gasteiger partial charge in [-0.1, -0.05) is 11.6 Å². The average Bonchev–Trinajstić information content (AvgIpc) is 2.58. The lowest BCUT2D eigenvalue weighted by molar-refractivity contribution is -0.116. The van der Waals surface area contributed by atoms with Gasteiger partial charge in [-0.25, -0.2) is 12.8 Å². The number of nitrogens with zero attached hydrogens (tertiary/aromatic N) is 1. The number of likely N-dealkylation sites (N-methyl/N-ethyl adjacent to an activating group) is 1. The van der Waals surface area contributed by atoms with Crippen molar-refractivity contribution in [3.8, 4) is 0 Å². The summed E-state index contributed by atoms with van der Waals surface area (Å²) in [7, 11) is -2.72. The molecule has 0 aliphatic rings. The zero-order chi connectivity index (χ0) is 20.2. The zero-order valence-corrected chi connectivity index (χ0v) is 16.1. The van der Waals surface area contributed by atoms with E-state index >= 15 is 0 Å². The van der Waals surface area contributed by atoms with Crippen LogP contribution < -0.4 is 10.6 Å². The Kier molecular flexibility index (Phi) is 6.53. The molecule has 0 aromatic heterocycles. The molecule has 2 aromatic rings. The summed E-state index contributed by atoms with van der Waals surface area (Å²) >= 11 is 5.75. The van der Waals surface area contributed by atoms with E-state index in [0.717, 1.165) is 10.4 Å². The standard InChI is InChI=1S/C17H17ClFN3O4S/c1-11(23)20-13-4-6-14(7-5-13)27(25,26)22(2)10-17(24)21-16-9-12(18)3-8-15(16)19/h3-9H,10H2,1-2H3,(H,20,23)(H,21,24). The van der Waals surface area contributed by atoms with E-state index in [-0.39, 0.29) is 21.5 Å². The van der Waals surface area contributed by atoms with Crippen LogP contribution in [0.25, 0.3) is 0 Å². The molecule has 0 aliphatic carbocycles. The number of amides is 2. The minimum Gasteiger partial charge on any atom is -0.326 e. The maximum absolute atomic E-state index is 13.7. The van der Waals surface area contributed by atoms with Crippen molar-refractivity contribution in [2.45, 2.75) is 11.8 Å². The summed E-state index contributed by atoms with van der Waals surface area (Å²) in [5.74, 6) is -1.70. The largest absolute Gasteiger partial charge is 0.326 e. The molecular weight excluding hydrogens is 397 g/mol. The van der Waals surface area contributed by atoms with E-state index in [1.54, 1.807) is 0 Å². The quantitative estimate of drug-likeness (QED) is 0.761. The van der Waals surface area contributed by atoms with Gasteiger partial charge in [-0.15, -0.1) is 0 Å². The number of benzene rings is 2. The number of carbonyl (C=O) groups is 2. The highest BCUT2D eigenvalue weighted by molar-refractivity contribution is 7.89. The van der Waals surface area contributed by atoms with Crippen molar-refractivity contribution in [1.82, 2.24) is 4.31 Å². The first-order valence-corrected chi connectivity index (χ1v) is 9.50. The summed E-state index contributed by atoms with van der Waals surface area (Å²) in [6, 6.07) is 9.14. The molecule has 0 aliphatic heterocycles. The van der Waals surface area contributed by atoms with Crippen molar-refractivity contribution >= 4 is 44.8 Å². The summed E-state index contributed by atoms with van der Waals surface area (Å²) in [6.07, 6.45) is 0. The Bertz CT molecular complexity index is 965. The van der Waals surface area contributed by atoms with Gasteiger partial charge in [0, 0.05) is 24.7 Å². The van der Waals surface area contributed by atoms with Crippen molar-refractivity contribution in [3.05, 3.63) is 53.3 Å². The third kappa shape index (κ3) is 5.49. The molecule has 2 amide bonds. The number of halogens is 2. The van der Waals surface area contributed by atoms with E-state index in [0.29, 0.717) is 5.69 Å². The second kappa shape index (κ2) is 8.47. The molecule has 0 unspecified atom stereocenters. The molecule has 0 saturated carbocycles. The van der Waals surface area contributed by atoms with Crippen molar-refractivity contribution in [1.29, 1.82) is 0 Å². The molecule has 7 nitrogen and oxygen atoms in total. The Morgan fingerprint density at radius 3 is 2.33 bits per heavy atom. The molecule has 0 saturated heterocycles. The minimum atomic E-state index is -3.95. The Morgan fingerprint density at radius 2 is 1.74 bits per heavy atom. The second-order valence-corrected chi connectivity index (χ2v) is 8.12. The predicted molar refractivity (Wildman–Crippen MR) is 101 cm³/mol. The molecule has 2 N–H and O–H groups in total. The van der Waals surface area contributed by atoms with E-state index in [1.165, 1.54) is 50.4 Å². The van der Waals surface area contributed by atoms with Gasteiger partial charge in [-0.3, -0.25) is 9.59 Å². The van der Waals surface area contributed by atoms with Gasteiger partial charge in [0.05, 0.1) is 17.1 Å². The van der Waals surface area contributed by atoms with Crippen LogP contribution in [-0.2, 0) is 19.6 Å². The first-order chi connectivity index (χ1) is 12.6. The van der Waals surface area contributed by atoms with Gasteiger partial charge < -0.3 is 10.6 Å². The fourth-order valence-corrected chi connectivity index (χ4v) is 3.46. The Hall–Kier alpha value is -2.49. The number of nitrogens with one attached hydrogen (secondary N) is 2. The van der Waals surface area contributed by atoms with Crippen LogP contribution in [0.5, 0.6) is 0 Å². The van der Waals surface area contributed by atoms with E-state index in [2.05, 4.69) is 10.6 Å². The minimum absolute atomic E-state index is 0.0548. The lowest BCUT2D eigenvalue weighted by Gasteiger charge is -2.17. The van der Waals surface area contributed by atoms with Crippen LogP contribution in [0, 0.1) is 5.82 Å². The molecule has 0 atom stereocenters. The molecule has 0 spiro atoms. The topological polar surface area (TPSA) is 95.6 Å². The molecule has 0 radical (unpaired) electrons. The van der Waals surface area contributed by atoms with Crippen LogP contribution in [0.4, 0.5) is 15.8 Å². The fraction of sp³-hybridized carbons (Fsp3) is 0.176. The van der Waals surface area contributed by atoms with Crippen LogP contribution in [0.3, 0.4) is 0 Å². The summed E-state index contributed by atoms with van der Waals surface area (Å²) in [5, 5.41) is 5.04. The maximum atomic E-state index is 13.7. The predicted octanol–water partition coefficient (Wildman–Crippen LogP) is 2.70. The van der Waals surface area contributed by atoms with Gasteiger partial charge in [0.2, 0.25) is 21.8 Å². The van der Waals surface area contributed by atoms with Gasteiger partial charge in [-0.05, 0) is 42.5 Å². The lowest BCUT2D eigenvalue weighted by Crippen LogP contribution is -2.35. The molecular formula is C17H17ClFN3O4S. The number of anilines is 2. The fourth-order valence-electron chi connectivity index (χ4n) is 2.16. The second-order valence-electron chi connectivity index (χ2n) is 5.64. The summed E-state index contributed by atoms with van der Waals surface area (Å²) in [4.78, 5) is 23.0. The van der Waals surface area contributed by atoms with Gasteiger partial charge in [0.25, 0.3) is 0 Å². The Labute approximate surface area is 161 Å². The van der Waals surface area contributed by atoms with Crippen molar-refractivity contribution in [2.24, 2.45) is 0 Å². The first-order valence-electron chi connectivity index (χ1n) is 7.68. The molecule has 144 valence electrons. The van der Waals surface area contributed by atoms with E-state index in [1.807, 2.05) is 0 Å². The van der Waals surface area contributed by atoms with E-state index in [4.69, 9.17) is 11.6 Å². The molecule has 0 fully saturated rings. The third-order valence-corrected chi connectivity index (χ3v) is 5.50. The first kappa shape index (κ1) is 20.8. The van der Waals surface area contributed by atoms with Crippen molar-refractivity contribution in [3.63, 3.8) is 0 Å². The Morgan fingerprint density at radius 1 is 1.11 bits per heavy atom. The van der Waals surface area contributed by atoms with Crippen LogP contribution in [-0.4, -0.2) is 38.1 Å². The number of carbonyl (C=O) groups excluding carboxylic acids is 2. The SMILES string of the molecule is CC(=O)Nc1ccc(S(=O)(=O)N(C)CC(=O)Nc2cc(Cl)ccc2F)cc1. The highest BCUT2D eigenvalue weighted by Gasteiger charge is 2.23. The summed E-state index contributed by atoms with van der Waals surface area (Å²) in [6.45, 7) is 0.807. The molecule has 10 heteroatoms. The van der Waals surface area contributed by atoms with Crippen LogP contribution >= 0.6 is 11.6 Å². The van der Waals surface area contributed by atoms with Crippen LogP contribution in [0.1, 0.15) is 6.92 Å². The molecule has 2 aromatic carbocycles. The molecule has 0 heterocycles. The van der Waals surface area contributed by atoms with Crippen molar-refractivity contribution < 1.29 is 22.4 Å². The van der Waals surface area contributed by atoms with Crippen molar-refractivity contribution in [2.75, 3.05) is 24.2 Å². The molecule has 2 rings (SSSR count). The Balaban J connectivity index is 2.09. The lowest BCUT2D eigenvalue weighted by atomic mass is 10.3. The third-order valence-electron chi connectivity index (χ3n) is 3.45. The number of hydrogen-bond acceptors (Lipinski definition) is 4. The van der Waals surface area contributed by atoms with Gasteiger partial charge in [0.1, 0.15) is 5.82 Å². The van der Waals surface area contributed by atoms with Crippen LogP contribution in [0.15, 0.2) is 47.4 Å². The highest BCUT2D eigenvalue weighted by atomic mass is 35.5. The zero-order valence-electron chi connectivity index (χ0n) is 14.5. The van der Waals surface area contributed by atoms with Gasteiger partial charge in [0.15, 0.2) is 0 Å². The molecule has 27 heavy (non-hydrogen) atoms. The number of rotatable bonds is 6. The summed E-state index contributed by atoms with van der Waals surface area (Å²) < 4.78 is 39.6. The summed E-state index contributed by atoms with van der Waals surface area (Å²) in [5.41, 5.74) is 0.302. The number of hydrogen-bond donors (Lipinski definition) is 2. The maximum Gasteiger partial charge on any atom is 0.243 e. The highest BCUT2D eigenvalue weighted by Crippen LogP contribution is 2.20. The van der Waals surface area contributed by atoms with E-state index < -0.39 is 28.3 Å². The van der Waals surface area contributed by atoms with E-state index in [9.17, 15) is 22.4 Å². The monoisotopic (exact) mass is 413 g/mol.